The number of rotatable bonds is 4. The summed E-state index contributed by atoms with van der Waals surface area (Å²) in [6.45, 7) is 0.432. The quantitative estimate of drug-likeness (QED) is 0.576. The van der Waals surface area contributed by atoms with Crippen LogP contribution in [0.2, 0.25) is 0 Å². The van der Waals surface area contributed by atoms with Crippen LogP contribution in [-0.4, -0.2) is 39.7 Å². The molecular weight excluding hydrogens is 252 g/mol. The van der Waals surface area contributed by atoms with Crippen molar-refractivity contribution in [2.45, 2.75) is 19.3 Å². The molecule has 0 aliphatic heterocycles. The van der Waals surface area contributed by atoms with E-state index in [1.54, 1.807) is 0 Å². The predicted octanol–water partition coefficient (Wildman–Crippen LogP) is 2.28. The first kappa shape index (κ1) is 13.7. The Balaban J connectivity index is 1.99. The summed E-state index contributed by atoms with van der Waals surface area (Å²) in [6, 6.07) is 0. The maximum absolute atomic E-state index is 11.0. The van der Waals surface area contributed by atoms with E-state index in [1.165, 1.54) is 14.2 Å². The lowest BCUT2D eigenvalue weighted by Gasteiger charge is -2.19. The van der Waals surface area contributed by atoms with Gasteiger partial charge in [0, 0.05) is 0 Å². The second-order valence-corrected chi connectivity index (χ2v) is 4.74. The van der Waals surface area contributed by atoms with Crippen molar-refractivity contribution >= 4 is 12.3 Å². The van der Waals surface area contributed by atoms with Gasteiger partial charge in [0.25, 0.3) is 0 Å². The van der Waals surface area contributed by atoms with Crippen LogP contribution in [-0.2, 0) is 18.9 Å². The highest BCUT2D eigenvalue weighted by molar-refractivity contribution is 5.60. The van der Waals surface area contributed by atoms with Crippen molar-refractivity contribution in [2.75, 3.05) is 27.4 Å². The summed E-state index contributed by atoms with van der Waals surface area (Å²) >= 11 is 0. The van der Waals surface area contributed by atoms with E-state index in [4.69, 9.17) is 9.47 Å². The average molecular weight is 270 g/mol. The van der Waals surface area contributed by atoms with Crippen molar-refractivity contribution in [1.29, 1.82) is 0 Å². The first-order chi connectivity index (χ1) is 9.15. The number of fused-ring (bicyclic) bond motifs is 2. The van der Waals surface area contributed by atoms with Crippen LogP contribution in [0.4, 0.5) is 9.59 Å². The minimum Gasteiger partial charge on any atom is -0.438 e. The van der Waals surface area contributed by atoms with Gasteiger partial charge in [-0.05, 0) is 42.2 Å². The summed E-state index contributed by atoms with van der Waals surface area (Å²) in [6.07, 6.45) is 1.88. The van der Waals surface area contributed by atoms with Gasteiger partial charge in [-0.1, -0.05) is 0 Å². The number of methoxy groups -OCH3 is 2. The molecule has 1 saturated carbocycles. The van der Waals surface area contributed by atoms with Gasteiger partial charge in [0.1, 0.15) is 13.2 Å². The van der Waals surface area contributed by atoms with Crippen LogP contribution in [0.5, 0.6) is 0 Å². The Morgan fingerprint density at radius 2 is 1.37 bits per heavy atom. The first-order valence-corrected chi connectivity index (χ1v) is 6.29. The van der Waals surface area contributed by atoms with Gasteiger partial charge in [0.15, 0.2) is 0 Å². The van der Waals surface area contributed by atoms with Crippen LogP contribution < -0.4 is 0 Å². The Hall–Kier alpha value is -1.72. The molecule has 2 aliphatic carbocycles. The molecule has 2 unspecified atom stereocenters. The molecule has 106 valence electrons. The Morgan fingerprint density at radius 1 is 0.947 bits per heavy atom. The third-order valence-electron chi connectivity index (χ3n) is 3.86. The highest BCUT2D eigenvalue weighted by atomic mass is 16.7. The van der Waals surface area contributed by atoms with Crippen molar-refractivity contribution < 1.29 is 28.5 Å². The Kier molecular flexibility index (Phi) is 4.29. The van der Waals surface area contributed by atoms with Crippen molar-refractivity contribution in [3.05, 3.63) is 11.1 Å². The molecule has 0 amide bonds. The second-order valence-electron chi connectivity index (χ2n) is 4.74. The highest BCUT2D eigenvalue weighted by Crippen LogP contribution is 2.48. The average Bonchev–Trinajstić information content (AvgIpc) is 3.02. The predicted molar refractivity (Wildman–Crippen MR) is 64.6 cm³/mol. The van der Waals surface area contributed by atoms with Gasteiger partial charge >= 0.3 is 12.3 Å². The number of hydrogen-bond donors (Lipinski definition) is 0. The molecule has 1 fully saturated rings. The Bertz CT molecular complexity index is 364. The van der Waals surface area contributed by atoms with E-state index < -0.39 is 12.3 Å². The van der Waals surface area contributed by atoms with Crippen LogP contribution in [0, 0.1) is 11.8 Å². The molecule has 0 heterocycles. The van der Waals surface area contributed by atoms with Gasteiger partial charge in [0.2, 0.25) is 0 Å². The summed E-state index contributed by atoms with van der Waals surface area (Å²) < 4.78 is 18.9. The van der Waals surface area contributed by atoms with Gasteiger partial charge in [-0.15, -0.1) is 0 Å². The zero-order valence-electron chi connectivity index (χ0n) is 11.1. The van der Waals surface area contributed by atoms with Crippen LogP contribution >= 0.6 is 0 Å². The normalized spacial score (nSPS) is 24.3. The monoisotopic (exact) mass is 270 g/mol. The number of ether oxygens (including phenoxy) is 4. The van der Waals surface area contributed by atoms with Crippen molar-refractivity contribution in [3.63, 3.8) is 0 Å². The van der Waals surface area contributed by atoms with E-state index in [0.717, 1.165) is 30.4 Å². The topological polar surface area (TPSA) is 71.1 Å². The van der Waals surface area contributed by atoms with E-state index in [2.05, 4.69) is 9.47 Å². The lowest BCUT2D eigenvalue weighted by Crippen LogP contribution is -2.17. The Morgan fingerprint density at radius 3 is 1.74 bits per heavy atom. The fourth-order valence-corrected chi connectivity index (χ4v) is 2.95. The molecule has 0 aromatic carbocycles. The van der Waals surface area contributed by atoms with Crippen LogP contribution in [0.15, 0.2) is 11.1 Å². The van der Waals surface area contributed by atoms with Crippen LogP contribution in [0.1, 0.15) is 19.3 Å². The molecule has 0 saturated heterocycles. The minimum atomic E-state index is -0.691. The van der Waals surface area contributed by atoms with E-state index in [0.29, 0.717) is 11.8 Å². The number of carbonyl (C=O) groups excluding carboxylic acids is 2. The van der Waals surface area contributed by atoms with Gasteiger partial charge < -0.3 is 18.9 Å². The van der Waals surface area contributed by atoms with E-state index >= 15 is 0 Å². The third-order valence-corrected chi connectivity index (χ3v) is 3.86. The van der Waals surface area contributed by atoms with E-state index in [9.17, 15) is 9.59 Å². The zero-order valence-corrected chi connectivity index (χ0v) is 11.1. The standard InChI is InChI=1S/C13H18O6/c1-16-12(14)18-6-10-8-3-4-9(5-8)11(10)7-19-13(15)17-2/h8-9H,3-7H2,1-2H3. The molecule has 0 radical (unpaired) electrons. The fraction of sp³-hybridized carbons (Fsp3) is 0.692. The lowest BCUT2D eigenvalue weighted by atomic mass is 9.92. The number of hydrogen-bond acceptors (Lipinski definition) is 6. The molecule has 2 atom stereocenters. The minimum absolute atomic E-state index is 0.216. The SMILES string of the molecule is COC(=O)OCC1=C(COC(=O)OC)C2CCC1C2. The molecule has 19 heavy (non-hydrogen) atoms. The third kappa shape index (κ3) is 3.00. The molecule has 0 aromatic heterocycles. The van der Waals surface area contributed by atoms with Crippen molar-refractivity contribution in [2.24, 2.45) is 11.8 Å². The number of carbonyl (C=O) groups is 2. The maximum Gasteiger partial charge on any atom is 0.508 e. The van der Waals surface area contributed by atoms with E-state index in [-0.39, 0.29) is 13.2 Å². The molecule has 6 heteroatoms. The summed E-state index contributed by atoms with van der Waals surface area (Å²) in [7, 11) is 2.55. The fourth-order valence-electron chi connectivity index (χ4n) is 2.95. The molecule has 0 spiro atoms. The van der Waals surface area contributed by atoms with Gasteiger partial charge in [-0.3, -0.25) is 0 Å². The summed E-state index contributed by atoms with van der Waals surface area (Å²) in [5, 5.41) is 0. The van der Waals surface area contributed by atoms with Crippen LogP contribution in [0.3, 0.4) is 0 Å². The molecule has 0 aromatic rings. The second kappa shape index (κ2) is 5.95. The zero-order chi connectivity index (χ0) is 13.8. The maximum atomic E-state index is 11.0. The Labute approximate surface area is 111 Å². The molecular formula is C13H18O6. The lowest BCUT2D eigenvalue weighted by molar-refractivity contribution is 0.0733. The molecule has 0 N–H and O–H groups in total. The van der Waals surface area contributed by atoms with Gasteiger partial charge in [-0.25, -0.2) is 9.59 Å². The van der Waals surface area contributed by atoms with Crippen molar-refractivity contribution in [1.82, 2.24) is 0 Å². The van der Waals surface area contributed by atoms with E-state index in [1.807, 2.05) is 0 Å². The smallest absolute Gasteiger partial charge is 0.438 e. The van der Waals surface area contributed by atoms with Gasteiger partial charge in [-0.2, -0.15) is 0 Å². The summed E-state index contributed by atoms with van der Waals surface area (Å²) in [5.41, 5.74) is 2.15. The molecule has 2 bridgehead atoms. The van der Waals surface area contributed by atoms with Gasteiger partial charge in [0.05, 0.1) is 14.2 Å². The highest BCUT2D eigenvalue weighted by Gasteiger charge is 2.39. The molecule has 2 rings (SSSR count). The van der Waals surface area contributed by atoms with Crippen LogP contribution in [0.25, 0.3) is 0 Å². The molecule has 6 nitrogen and oxygen atoms in total. The van der Waals surface area contributed by atoms with Crippen molar-refractivity contribution in [3.8, 4) is 0 Å². The summed E-state index contributed by atoms with van der Waals surface area (Å²) in [5.74, 6) is 0.872. The largest absolute Gasteiger partial charge is 0.508 e. The summed E-state index contributed by atoms with van der Waals surface area (Å²) in [4.78, 5) is 22.0. The molecule has 2 aliphatic rings. The first-order valence-electron chi connectivity index (χ1n) is 6.29.